The van der Waals surface area contributed by atoms with Crippen LogP contribution in [0.15, 0.2) is 18.2 Å². The van der Waals surface area contributed by atoms with Crippen molar-refractivity contribution in [3.05, 3.63) is 29.6 Å². The van der Waals surface area contributed by atoms with E-state index in [4.69, 9.17) is 4.74 Å². The summed E-state index contributed by atoms with van der Waals surface area (Å²) in [7, 11) is 1.65. The first kappa shape index (κ1) is 12.5. The Labute approximate surface area is 116 Å². The van der Waals surface area contributed by atoms with Crippen LogP contribution >= 0.6 is 15.9 Å². The van der Waals surface area contributed by atoms with Gasteiger partial charge in [0.25, 0.3) is 0 Å². The molecular weight excluding hydrogens is 295 g/mol. The highest BCUT2D eigenvalue weighted by Crippen LogP contribution is 2.63. The van der Waals surface area contributed by atoms with E-state index in [1.807, 2.05) is 0 Å². The molecule has 0 aromatic heterocycles. The van der Waals surface area contributed by atoms with Crippen LogP contribution in [0.3, 0.4) is 0 Å². The summed E-state index contributed by atoms with van der Waals surface area (Å²) < 4.78 is 18.8. The first-order valence-corrected chi connectivity index (χ1v) is 7.61. The van der Waals surface area contributed by atoms with Gasteiger partial charge in [-0.15, -0.1) is 0 Å². The quantitative estimate of drug-likeness (QED) is 0.735. The molecule has 3 atom stereocenters. The zero-order chi connectivity index (χ0) is 12.7. The summed E-state index contributed by atoms with van der Waals surface area (Å²) in [5.74, 6) is 2.97. The minimum atomic E-state index is -0.182. The molecule has 2 aliphatic carbocycles. The molecule has 3 rings (SSSR count). The van der Waals surface area contributed by atoms with Crippen molar-refractivity contribution in [1.29, 1.82) is 0 Å². The van der Waals surface area contributed by atoms with Gasteiger partial charge < -0.3 is 4.74 Å². The van der Waals surface area contributed by atoms with Crippen LogP contribution in [0.1, 0.15) is 36.1 Å². The number of ether oxygens (including phenoxy) is 1. The van der Waals surface area contributed by atoms with Crippen molar-refractivity contribution in [3.63, 3.8) is 0 Å². The van der Waals surface area contributed by atoms with Crippen LogP contribution in [0.4, 0.5) is 4.39 Å². The Morgan fingerprint density at radius 1 is 1.28 bits per heavy atom. The Kier molecular flexibility index (Phi) is 3.35. The van der Waals surface area contributed by atoms with Gasteiger partial charge in [-0.3, -0.25) is 0 Å². The van der Waals surface area contributed by atoms with Gasteiger partial charge in [-0.2, -0.15) is 0 Å². The smallest absolute Gasteiger partial charge is 0.123 e. The zero-order valence-electron chi connectivity index (χ0n) is 10.5. The van der Waals surface area contributed by atoms with Crippen molar-refractivity contribution in [1.82, 2.24) is 0 Å². The lowest BCUT2D eigenvalue weighted by atomic mass is 10.0. The van der Waals surface area contributed by atoms with Crippen molar-refractivity contribution >= 4 is 15.9 Å². The second-order valence-electron chi connectivity index (χ2n) is 5.48. The maximum atomic E-state index is 13.4. The second kappa shape index (κ2) is 4.84. The summed E-state index contributed by atoms with van der Waals surface area (Å²) in [6.07, 6.45) is 5.40. The maximum Gasteiger partial charge on any atom is 0.123 e. The van der Waals surface area contributed by atoms with Gasteiger partial charge in [-0.1, -0.05) is 28.8 Å². The van der Waals surface area contributed by atoms with E-state index in [-0.39, 0.29) is 10.6 Å². The van der Waals surface area contributed by atoms with Crippen LogP contribution in [0.25, 0.3) is 0 Å². The molecule has 1 aromatic carbocycles. The number of alkyl halides is 1. The van der Waals surface area contributed by atoms with Gasteiger partial charge in [-0.25, -0.2) is 4.39 Å². The van der Waals surface area contributed by atoms with E-state index in [0.717, 1.165) is 23.1 Å². The number of fused-ring (bicyclic) bond motifs is 1. The standard InChI is InChI=1S/C15H18BrFO/c1-18-13-7-6-9(17)8-12(13)15(16)14-10-4-2-3-5-11(10)14/h6-8,10-11,14-15H,2-5H2,1H3. The molecule has 18 heavy (non-hydrogen) atoms. The first-order valence-electron chi connectivity index (χ1n) is 6.70. The van der Waals surface area contributed by atoms with Gasteiger partial charge in [-0.05, 0) is 48.8 Å². The first-order chi connectivity index (χ1) is 8.72. The third-order valence-electron chi connectivity index (χ3n) is 4.55. The Bertz CT molecular complexity index is 436. The van der Waals surface area contributed by atoms with Crippen LogP contribution in [0, 0.1) is 23.6 Å². The van der Waals surface area contributed by atoms with Crippen LogP contribution in [0.5, 0.6) is 5.75 Å². The fourth-order valence-electron chi connectivity index (χ4n) is 3.61. The molecule has 0 radical (unpaired) electrons. The van der Waals surface area contributed by atoms with Crippen molar-refractivity contribution < 1.29 is 9.13 Å². The van der Waals surface area contributed by atoms with Crippen LogP contribution in [0.2, 0.25) is 0 Å². The van der Waals surface area contributed by atoms with Crippen molar-refractivity contribution in [2.45, 2.75) is 30.5 Å². The molecule has 0 heterocycles. The minimum Gasteiger partial charge on any atom is -0.496 e. The van der Waals surface area contributed by atoms with Gasteiger partial charge in [0.05, 0.1) is 7.11 Å². The Hall–Kier alpha value is -0.570. The van der Waals surface area contributed by atoms with Crippen LogP contribution < -0.4 is 4.74 Å². The zero-order valence-corrected chi connectivity index (χ0v) is 12.1. The lowest BCUT2D eigenvalue weighted by molar-refractivity contribution is 0.406. The second-order valence-corrected chi connectivity index (χ2v) is 6.46. The third kappa shape index (κ3) is 2.07. The number of hydrogen-bond donors (Lipinski definition) is 0. The summed E-state index contributed by atoms with van der Waals surface area (Å²) in [6, 6.07) is 4.80. The van der Waals surface area contributed by atoms with Gasteiger partial charge in [0.15, 0.2) is 0 Å². The molecule has 2 saturated carbocycles. The SMILES string of the molecule is COc1ccc(F)cc1C(Br)C1C2CCCCC21. The molecule has 0 bridgehead atoms. The average molecular weight is 313 g/mol. The van der Waals surface area contributed by atoms with Gasteiger partial charge in [0.2, 0.25) is 0 Å². The number of benzene rings is 1. The molecule has 0 amide bonds. The van der Waals surface area contributed by atoms with Crippen molar-refractivity contribution in [2.24, 2.45) is 17.8 Å². The predicted octanol–water partition coefficient (Wildman–Crippen LogP) is 4.71. The Balaban J connectivity index is 1.84. The molecule has 2 aliphatic rings. The Morgan fingerprint density at radius 3 is 2.56 bits per heavy atom. The maximum absolute atomic E-state index is 13.4. The van der Waals surface area contributed by atoms with E-state index < -0.39 is 0 Å². The highest BCUT2D eigenvalue weighted by atomic mass is 79.9. The molecule has 1 aromatic rings. The van der Waals surface area contributed by atoms with Crippen LogP contribution in [-0.4, -0.2) is 7.11 Å². The largest absolute Gasteiger partial charge is 0.496 e. The molecule has 0 spiro atoms. The molecule has 0 aliphatic heterocycles. The average Bonchev–Trinajstić information content (AvgIpc) is 3.12. The predicted molar refractivity (Wildman–Crippen MR) is 73.6 cm³/mol. The van der Waals surface area contributed by atoms with Crippen molar-refractivity contribution in [3.8, 4) is 5.75 Å². The summed E-state index contributed by atoms with van der Waals surface area (Å²) in [6.45, 7) is 0. The minimum absolute atomic E-state index is 0.182. The highest BCUT2D eigenvalue weighted by molar-refractivity contribution is 9.09. The molecule has 1 nitrogen and oxygen atoms in total. The van der Waals surface area contributed by atoms with E-state index >= 15 is 0 Å². The molecule has 3 unspecified atom stereocenters. The monoisotopic (exact) mass is 312 g/mol. The number of halogens is 2. The topological polar surface area (TPSA) is 9.23 Å². The highest BCUT2D eigenvalue weighted by Gasteiger charge is 2.54. The van der Waals surface area contributed by atoms with Gasteiger partial charge in [0.1, 0.15) is 11.6 Å². The molecule has 3 heteroatoms. The van der Waals surface area contributed by atoms with E-state index in [9.17, 15) is 4.39 Å². The van der Waals surface area contributed by atoms with E-state index in [1.54, 1.807) is 19.2 Å². The molecule has 2 fully saturated rings. The third-order valence-corrected chi connectivity index (χ3v) is 5.65. The van der Waals surface area contributed by atoms with Crippen molar-refractivity contribution in [2.75, 3.05) is 7.11 Å². The lowest BCUT2D eigenvalue weighted by Gasteiger charge is -2.14. The molecular formula is C15H18BrFO. The summed E-state index contributed by atoms with van der Waals surface area (Å²) in [4.78, 5) is 0.233. The summed E-state index contributed by atoms with van der Waals surface area (Å²) >= 11 is 3.78. The lowest BCUT2D eigenvalue weighted by Crippen LogP contribution is -2.00. The molecule has 98 valence electrons. The number of hydrogen-bond acceptors (Lipinski definition) is 1. The Morgan fingerprint density at radius 2 is 1.94 bits per heavy atom. The van der Waals surface area contributed by atoms with Crippen LogP contribution in [-0.2, 0) is 0 Å². The molecule has 0 N–H and O–H groups in total. The van der Waals surface area contributed by atoms with Gasteiger partial charge in [0, 0.05) is 10.4 Å². The normalized spacial score (nSPS) is 31.6. The summed E-state index contributed by atoms with van der Waals surface area (Å²) in [5, 5.41) is 0. The number of methoxy groups -OCH3 is 1. The molecule has 0 saturated heterocycles. The summed E-state index contributed by atoms with van der Waals surface area (Å²) in [5.41, 5.74) is 0.969. The fourth-order valence-corrected chi connectivity index (χ4v) is 4.75. The van der Waals surface area contributed by atoms with Gasteiger partial charge >= 0.3 is 0 Å². The van der Waals surface area contributed by atoms with E-state index in [1.165, 1.54) is 31.7 Å². The fraction of sp³-hybridized carbons (Fsp3) is 0.600. The number of rotatable bonds is 3. The van der Waals surface area contributed by atoms with E-state index in [2.05, 4.69) is 15.9 Å². The van der Waals surface area contributed by atoms with E-state index in [0.29, 0.717) is 5.92 Å².